The Kier molecular flexibility index (Phi) is 3.68. The van der Waals surface area contributed by atoms with E-state index in [0.717, 1.165) is 16.6 Å². The van der Waals surface area contributed by atoms with Crippen molar-refractivity contribution in [1.82, 2.24) is 9.99 Å². The van der Waals surface area contributed by atoms with Crippen molar-refractivity contribution in [1.29, 1.82) is 0 Å². The smallest absolute Gasteiger partial charge is 0.265 e. The first kappa shape index (κ1) is 13.7. The molecule has 2 aromatic carbocycles. The number of amides is 1. The van der Waals surface area contributed by atoms with Gasteiger partial charge in [0, 0.05) is 22.3 Å². The molecule has 0 fully saturated rings. The van der Waals surface area contributed by atoms with Crippen LogP contribution in [0.1, 0.15) is 10.4 Å². The number of aromatic nitrogens is 1. The van der Waals surface area contributed by atoms with Gasteiger partial charge in [-0.1, -0.05) is 6.07 Å². The van der Waals surface area contributed by atoms with Crippen LogP contribution in [0.25, 0.3) is 16.6 Å². The molecule has 0 saturated carbocycles. The van der Waals surface area contributed by atoms with Crippen LogP contribution in [0.4, 0.5) is 0 Å². The molecule has 0 spiro atoms. The predicted molar refractivity (Wildman–Crippen MR) is 86.7 cm³/mol. The number of nitrogens with one attached hydrogen (secondary N) is 1. The lowest BCUT2D eigenvalue weighted by molar-refractivity contribution is 0.0954. The Balaban J connectivity index is 2.11. The maximum Gasteiger partial charge on any atom is 0.265 e. The molecular formula is C16H15N3OS. The molecule has 21 heavy (non-hydrogen) atoms. The van der Waals surface area contributed by atoms with Crippen molar-refractivity contribution in [2.24, 2.45) is 5.84 Å². The lowest BCUT2D eigenvalue weighted by Gasteiger charge is -2.07. The van der Waals surface area contributed by atoms with Crippen LogP contribution >= 0.6 is 11.8 Å². The van der Waals surface area contributed by atoms with Crippen LogP contribution < -0.4 is 11.3 Å². The van der Waals surface area contributed by atoms with E-state index in [1.54, 1.807) is 17.8 Å². The summed E-state index contributed by atoms with van der Waals surface area (Å²) in [5.41, 5.74) is 4.75. The zero-order chi connectivity index (χ0) is 14.8. The van der Waals surface area contributed by atoms with Crippen molar-refractivity contribution < 1.29 is 4.79 Å². The van der Waals surface area contributed by atoms with E-state index in [4.69, 9.17) is 5.84 Å². The highest BCUT2D eigenvalue weighted by molar-refractivity contribution is 7.98. The zero-order valence-electron chi connectivity index (χ0n) is 11.5. The number of hydrogen-bond donors (Lipinski definition) is 2. The standard InChI is InChI=1S/C16H15N3OS/c1-21-14-6-4-13(5-7-14)19-9-8-11-2-3-12(10-15(11)19)16(20)18-17/h2-10H,17H2,1H3,(H,18,20). The summed E-state index contributed by atoms with van der Waals surface area (Å²) in [4.78, 5) is 12.9. The number of hydrazine groups is 1. The zero-order valence-corrected chi connectivity index (χ0v) is 12.4. The summed E-state index contributed by atoms with van der Waals surface area (Å²) in [5, 5.41) is 1.08. The van der Waals surface area contributed by atoms with Gasteiger partial charge in [0.1, 0.15) is 0 Å². The first-order chi connectivity index (χ1) is 10.2. The van der Waals surface area contributed by atoms with Crippen LogP contribution in [0, 0.1) is 0 Å². The number of nitrogens with two attached hydrogens (primary N) is 1. The molecule has 1 aromatic heterocycles. The van der Waals surface area contributed by atoms with Crippen LogP contribution in [-0.2, 0) is 0 Å². The minimum atomic E-state index is -0.289. The molecule has 0 bridgehead atoms. The largest absolute Gasteiger partial charge is 0.317 e. The molecule has 3 aromatic rings. The normalized spacial score (nSPS) is 10.8. The molecule has 0 radical (unpaired) electrons. The van der Waals surface area contributed by atoms with E-state index in [1.807, 2.05) is 24.4 Å². The lowest BCUT2D eigenvalue weighted by Crippen LogP contribution is -2.29. The number of carbonyl (C=O) groups is 1. The minimum absolute atomic E-state index is 0.289. The van der Waals surface area contributed by atoms with E-state index < -0.39 is 0 Å². The Bertz CT molecular complexity index is 793. The molecule has 3 rings (SSSR count). The summed E-state index contributed by atoms with van der Waals surface area (Å²) in [6.07, 6.45) is 4.06. The van der Waals surface area contributed by atoms with Crippen molar-refractivity contribution in [3.05, 3.63) is 60.3 Å². The second-order valence-corrected chi connectivity index (χ2v) is 5.51. The van der Waals surface area contributed by atoms with Gasteiger partial charge in [0.2, 0.25) is 0 Å². The molecular weight excluding hydrogens is 282 g/mol. The Morgan fingerprint density at radius 2 is 1.90 bits per heavy atom. The van der Waals surface area contributed by atoms with Crippen LogP contribution in [-0.4, -0.2) is 16.7 Å². The Morgan fingerprint density at radius 1 is 1.14 bits per heavy atom. The second-order valence-electron chi connectivity index (χ2n) is 4.63. The van der Waals surface area contributed by atoms with Crippen molar-refractivity contribution in [2.45, 2.75) is 4.90 Å². The Labute approximate surface area is 126 Å². The van der Waals surface area contributed by atoms with Crippen molar-refractivity contribution in [3.63, 3.8) is 0 Å². The highest BCUT2D eigenvalue weighted by Gasteiger charge is 2.08. The molecule has 1 amide bonds. The number of fused-ring (bicyclic) bond motifs is 1. The van der Waals surface area contributed by atoms with E-state index in [9.17, 15) is 4.79 Å². The molecule has 1 heterocycles. The van der Waals surface area contributed by atoms with E-state index >= 15 is 0 Å². The maximum atomic E-state index is 11.7. The van der Waals surface area contributed by atoms with Gasteiger partial charge in [-0.3, -0.25) is 10.2 Å². The van der Waals surface area contributed by atoms with Crippen LogP contribution in [0.5, 0.6) is 0 Å². The lowest BCUT2D eigenvalue weighted by atomic mass is 10.1. The number of benzene rings is 2. The topological polar surface area (TPSA) is 60.0 Å². The average molecular weight is 297 g/mol. The molecule has 0 unspecified atom stereocenters. The van der Waals surface area contributed by atoms with E-state index in [2.05, 4.69) is 40.5 Å². The van der Waals surface area contributed by atoms with Gasteiger partial charge < -0.3 is 4.57 Å². The predicted octanol–water partition coefficient (Wildman–Crippen LogP) is 2.96. The summed E-state index contributed by atoms with van der Waals surface area (Å²) in [5.74, 6) is 4.91. The van der Waals surface area contributed by atoms with E-state index in [-0.39, 0.29) is 5.91 Å². The fourth-order valence-electron chi connectivity index (χ4n) is 2.32. The van der Waals surface area contributed by atoms with Crippen molar-refractivity contribution in [3.8, 4) is 5.69 Å². The third kappa shape index (κ3) is 2.53. The first-order valence-electron chi connectivity index (χ1n) is 6.49. The van der Waals surface area contributed by atoms with Gasteiger partial charge >= 0.3 is 0 Å². The highest BCUT2D eigenvalue weighted by atomic mass is 32.2. The number of hydrogen-bond acceptors (Lipinski definition) is 3. The molecule has 106 valence electrons. The molecule has 3 N–H and O–H groups in total. The maximum absolute atomic E-state index is 11.7. The van der Waals surface area contributed by atoms with Gasteiger partial charge in [-0.05, 0) is 54.1 Å². The molecule has 4 nitrogen and oxygen atoms in total. The summed E-state index contributed by atoms with van der Waals surface area (Å²) in [6.45, 7) is 0. The van der Waals surface area contributed by atoms with Gasteiger partial charge in [-0.25, -0.2) is 5.84 Å². The van der Waals surface area contributed by atoms with E-state index in [0.29, 0.717) is 5.56 Å². The summed E-state index contributed by atoms with van der Waals surface area (Å²) in [6, 6.07) is 15.9. The van der Waals surface area contributed by atoms with Crippen molar-refractivity contribution >= 4 is 28.6 Å². The number of nitrogens with zero attached hydrogens (tertiary/aromatic N) is 1. The Morgan fingerprint density at radius 3 is 2.57 bits per heavy atom. The molecule has 0 saturated heterocycles. The monoisotopic (exact) mass is 297 g/mol. The summed E-state index contributed by atoms with van der Waals surface area (Å²) < 4.78 is 2.06. The quantitative estimate of drug-likeness (QED) is 0.338. The van der Waals surface area contributed by atoms with Crippen LogP contribution in [0.3, 0.4) is 0 Å². The van der Waals surface area contributed by atoms with Gasteiger partial charge in [0.25, 0.3) is 5.91 Å². The summed E-state index contributed by atoms with van der Waals surface area (Å²) >= 11 is 1.71. The Hall–Kier alpha value is -2.24. The van der Waals surface area contributed by atoms with Crippen LogP contribution in [0.15, 0.2) is 59.6 Å². The highest BCUT2D eigenvalue weighted by Crippen LogP contribution is 2.23. The molecule has 0 aliphatic carbocycles. The van der Waals surface area contributed by atoms with E-state index in [1.165, 1.54) is 4.90 Å². The number of thioether (sulfide) groups is 1. The van der Waals surface area contributed by atoms with Gasteiger partial charge in [-0.15, -0.1) is 11.8 Å². The first-order valence-corrected chi connectivity index (χ1v) is 7.72. The summed E-state index contributed by atoms with van der Waals surface area (Å²) in [7, 11) is 0. The molecule has 0 aliphatic heterocycles. The third-order valence-electron chi connectivity index (χ3n) is 3.44. The SMILES string of the molecule is CSc1ccc(-n2ccc3ccc(C(=O)NN)cc32)cc1. The number of rotatable bonds is 3. The van der Waals surface area contributed by atoms with Gasteiger partial charge in [-0.2, -0.15) is 0 Å². The molecule has 0 atom stereocenters. The molecule has 0 aliphatic rings. The fourth-order valence-corrected chi connectivity index (χ4v) is 2.73. The van der Waals surface area contributed by atoms with Gasteiger partial charge in [0.15, 0.2) is 0 Å². The number of nitrogen functional groups attached to an aromatic ring is 1. The second kappa shape index (κ2) is 5.63. The third-order valence-corrected chi connectivity index (χ3v) is 4.18. The van der Waals surface area contributed by atoms with Gasteiger partial charge in [0.05, 0.1) is 5.52 Å². The minimum Gasteiger partial charge on any atom is -0.317 e. The number of carbonyl (C=O) groups excluding carboxylic acids is 1. The fraction of sp³-hybridized carbons (Fsp3) is 0.0625. The molecule has 5 heteroatoms. The average Bonchev–Trinajstić information content (AvgIpc) is 2.97. The van der Waals surface area contributed by atoms with Crippen molar-refractivity contribution in [2.75, 3.05) is 6.26 Å². The van der Waals surface area contributed by atoms with Crippen LogP contribution in [0.2, 0.25) is 0 Å².